The fourth-order valence-electron chi connectivity index (χ4n) is 4.02. The molecule has 1 amide bonds. The van der Waals surface area contributed by atoms with E-state index in [1.54, 1.807) is 0 Å². The third-order valence-corrected chi connectivity index (χ3v) is 5.88. The van der Waals surface area contributed by atoms with Gasteiger partial charge in [-0.15, -0.1) is 24.0 Å². The second-order valence-electron chi connectivity index (χ2n) is 8.08. The van der Waals surface area contributed by atoms with Crippen LogP contribution in [0, 0.1) is 5.92 Å². The first-order valence-electron chi connectivity index (χ1n) is 10.5. The summed E-state index contributed by atoms with van der Waals surface area (Å²) in [5, 5.41) is 6.95. The van der Waals surface area contributed by atoms with Crippen molar-refractivity contribution in [3.8, 4) is 0 Å². The van der Waals surface area contributed by atoms with Crippen molar-refractivity contribution >= 4 is 35.8 Å². The van der Waals surface area contributed by atoms with Gasteiger partial charge >= 0.3 is 0 Å². The van der Waals surface area contributed by atoms with Gasteiger partial charge in [0.05, 0.1) is 0 Å². The lowest BCUT2D eigenvalue weighted by atomic mass is 9.87. The van der Waals surface area contributed by atoms with Crippen LogP contribution in [-0.4, -0.2) is 42.9 Å². The third-order valence-electron chi connectivity index (χ3n) is 5.88. The van der Waals surface area contributed by atoms with Gasteiger partial charge in [-0.05, 0) is 68.6 Å². The monoisotopic (exact) mass is 498 g/mol. The Balaban J connectivity index is 0.00000280. The van der Waals surface area contributed by atoms with Gasteiger partial charge in [0.25, 0.3) is 5.91 Å². The number of piperidine rings is 1. The highest BCUT2D eigenvalue weighted by Crippen LogP contribution is 2.23. The Labute approximate surface area is 186 Å². The SMILES string of the molecule is CN=C(NCc1ccc(C(=O)N2CCCCC2)cc1)NC1CCC(C)CC1.I. The standard InChI is InChI=1S/C22H34N4O.HI/c1-17-6-12-20(13-7-17)25-22(23-2)24-16-18-8-10-19(11-9-18)21(27)26-14-4-3-5-15-26;/h8-11,17,20H,3-7,12-16H2,1-2H3,(H2,23,24,25);1H. The minimum absolute atomic E-state index is 0. The van der Waals surface area contributed by atoms with Crippen LogP contribution in [0.5, 0.6) is 0 Å². The van der Waals surface area contributed by atoms with E-state index < -0.39 is 0 Å². The Morgan fingerprint density at radius 3 is 2.32 bits per heavy atom. The van der Waals surface area contributed by atoms with Gasteiger partial charge in [-0.2, -0.15) is 0 Å². The van der Waals surface area contributed by atoms with E-state index in [0.717, 1.165) is 48.9 Å². The molecular formula is C22H35IN4O. The van der Waals surface area contributed by atoms with E-state index in [9.17, 15) is 4.79 Å². The smallest absolute Gasteiger partial charge is 0.253 e. The number of nitrogens with zero attached hydrogens (tertiary/aromatic N) is 2. The lowest BCUT2D eigenvalue weighted by Crippen LogP contribution is -2.44. The van der Waals surface area contributed by atoms with Crippen molar-refractivity contribution in [2.75, 3.05) is 20.1 Å². The molecule has 0 unspecified atom stereocenters. The number of rotatable bonds is 4. The van der Waals surface area contributed by atoms with Crippen LogP contribution < -0.4 is 10.6 Å². The maximum Gasteiger partial charge on any atom is 0.253 e. The molecule has 1 saturated heterocycles. The topological polar surface area (TPSA) is 56.7 Å². The first-order chi connectivity index (χ1) is 13.2. The highest BCUT2D eigenvalue weighted by atomic mass is 127. The number of hydrogen-bond acceptors (Lipinski definition) is 2. The first kappa shape index (κ1) is 23.0. The van der Waals surface area contributed by atoms with E-state index in [-0.39, 0.29) is 29.9 Å². The normalized spacial score (nSPS) is 22.9. The average molecular weight is 498 g/mol. The van der Waals surface area contributed by atoms with Crippen molar-refractivity contribution < 1.29 is 4.79 Å². The molecule has 2 fully saturated rings. The van der Waals surface area contributed by atoms with E-state index >= 15 is 0 Å². The van der Waals surface area contributed by atoms with E-state index in [4.69, 9.17) is 0 Å². The summed E-state index contributed by atoms with van der Waals surface area (Å²) in [4.78, 5) is 18.9. The minimum Gasteiger partial charge on any atom is -0.354 e. The molecule has 0 radical (unpaired) electrons. The van der Waals surface area contributed by atoms with Gasteiger partial charge in [0, 0.05) is 38.3 Å². The Morgan fingerprint density at radius 1 is 1.07 bits per heavy atom. The number of carbonyl (C=O) groups excluding carboxylic acids is 1. The van der Waals surface area contributed by atoms with E-state index in [2.05, 4.69) is 22.5 Å². The highest BCUT2D eigenvalue weighted by molar-refractivity contribution is 14.0. The summed E-state index contributed by atoms with van der Waals surface area (Å²) in [6.07, 6.45) is 8.51. The van der Waals surface area contributed by atoms with E-state index in [1.807, 2.05) is 36.2 Å². The summed E-state index contributed by atoms with van der Waals surface area (Å²) < 4.78 is 0. The van der Waals surface area contributed by atoms with E-state index in [0.29, 0.717) is 12.6 Å². The number of guanidine groups is 1. The number of halogens is 1. The summed E-state index contributed by atoms with van der Waals surface area (Å²) in [5.74, 6) is 1.88. The summed E-state index contributed by atoms with van der Waals surface area (Å²) in [6, 6.07) is 8.51. The van der Waals surface area contributed by atoms with Gasteiger partial charge in [0.1, 0.15) is 0 Å². The second-order valence-corrected chi connectivity index (χ2v) is 8.08. The Hall–Kier alpha value is -1.31. The molecule has 156 valence electrons. The van der Waals surface area contributed by atoms with Crippen molar-refractivity contribution in [2.45, 2.75) is 64.5 Å². The number of nitrogens with one attached hydrogen (secondary N) is 2. The predicted molar refractivity (Wildman–Crippen MR) is 126 cm³/mol. The molecule has 0 atom stereocenters. The lowest BCUT2D eigenvalue weighted by molar-refractivity contribution is 0.0724. The van der Waals surface area contributed by atoms with Crippen LogP contribution in [0.2, 0.25) is 0 Å². The molecule has 0 aromatic heterocycles. The zero-order valence-corrected chi connectivity index (χ0v) is 19.6. The van der Waals surface area contributed by atoms with Crippen molar-refractivity contribution in [3.63, 3.8) is 0 Å². The molecule has 5 nitrogen and oxygen atoms in total. The van der Waals surface area contributed by atoms with Gasteiger partial charge in [-0.25, -0.2) is 0 Å². The van der Waals surface area contributed by atoms with Crippen molar-refractivity contribution in [1.82, 2.24) is 15.5 Å². The molecule has 1 aliphatic carbocycles. The summed E-state index contributed by atoms with van der Waals surface area (Å²) in [7, 11) is 1.82. The molecule has 2 aliphatic rings. The number of aliphatic imine (C=N–C) groups is 1. The molecule has 0 spiro atoms. The van der Waals surface area contributed by atoms with E-state index in [1.165, 1.54) is 32.1 Å². The van der Waals surface area contributed by atoms with Crippen LogP contribution in [0.4, 0.5) is 0 Å². The molecule has 1 saturated carbocycles. The Morgan fingerprint density at radius 2 is 1.71 bits per heavy atom. The number of amides is 1. The van der Waals surface area contributed by atoms with Crippen molar-refractivity contribution in [1.29, 1.82) is 0 Å². The van der Waals surface area contributed by atoms with Crippen molar-refractivity contribution in [3.05, 3.63) is 35.4 Å². The maximum absolute atomic E-state index is 12.5. The first-order valence-corrected chi connectivity index (χ1v) is 10.5. The number of hydrogen-bond donors (Lipinski definition) is 2. The number of benzene rings is 1. The molecule has 6 heteroatoms. The van der Waals surface area contributed by atoms with Crippen LogP contribution in [0.1, 0.15) is 67.8 Å². The molecule has 1 heterocycles. The predicted octanol–water partition coefficient (Wildman–Crippen LogP) is 4.17. The highest BCUT2D eigenvalue weighted by Gasteiger charge is 2.19. The quantitative estimate of drug-likeness (QED) is 0.372. The summed E-state index contributed by atoms with van der Waals surface area (Å²) >= 11 is 0. The molecule has 1 aromatic rings. The lowest BCUT2D eigenvalue weighted by Gasteiger charge is -2.28. The number of likely N-dealkylation sites (tertiary alicyclic amines) is 1. The van der Waals surface area contributed by atoms with Crippen LogP contribution in [0.25, 0.3) is 0 Å². The summed E-state index contributed by atoms with van der Waals surface area (Å²) in [6.45, 7) is 4.83. The second kappa shape index (κ2) is 11.6. The molecular weight excluding hydrogens is 463 g/mol. The largest absolute Gasteiger partial charge is 0.354 e. The Kier molecular flexibility index (Phi) is 9.55. The fourth-order valence-corrected chi connectivity index (χ4v) is 4.02. The van der Waals surface area contributed by atoms with Crippen LogP contribution in [0.3, 0.4) is 0 Å². The molecule has 1 aliphatic heterocycles. The molecule has 2 N–H and O–H groups in total. The van der Waals surface area contributed by atoms with Crippen LogP contribution in [0.15, 0.2) is 29.3 Å². The zero-order valence-electron chi connectivity index (χ0n) is 17.2. The van der Waals surface area contributed by atoms with Gasteiger partial charge in [-0.1, -0.05) is 19.1 Å². The number of carbonyl (C=O) groups is 1. The fraction of sp³-hybridized carbons (Fsp3) is 0.636. The summed E-state index contributed by atoms with van der Waals surface area (Å²) in [5.41, 5.74) is 1.95. The molecule has 0 bridgehead atoms. The van der Waals surface area contributed by atoms with Gasteiger partial charge in [-0.3, -0.25) is 9.79 Å². The molecule has 28 heavy (non-hydrogen) atoms. The Bertz CT molecular complexity index is 632. The van der Waals surface area contributed by atoms with Crippen molar-refractivity contribution in [2.24, 2.45) is 10.9 Å². The minimum atomic E-state index is 0. The van der Waals surface area contributed by atoms with Gasteiger partial charge in [0.15, 0.2) is 5.96 Å². The average Bonchev–Trinajstić information content (AvgIpc) is 2.73. The van der Waals surface area contributed by atoms with Crippen LogP contribution in [-0.2, 0) is 6.54 Å². The van der Waals surface area contributed by atoms with Crippen LogP contribution >= 0.6 is 24.0 Å². The maximum atomic E-state index is 12.5. The molecule has 3 rings (SSSR count). The third kappa shape index (κ3) is 6.64. The zero-order chi connectivity index (χ0) is 19.1. The van der Waals surface area contributed by atoms with Gasteiger partial charge < -0.3 is 15.5 Å². The molecule has 1 aromatic carbocycles. The van der Waals surface area contributed by atoms with Gasteiger partial charge in [0.2, 0.25) is 0 Å².